The summed E-state index contributed by atoms with van der Waals surface area (Å²) in [4.78, 5) is 8.53. The zero-order chi connectivity index (χ0) is 11.4. The second-order valence-corrected chi connectivity index (χ2v) is 3.83. The molecule has 2 aromatic heterocycles. The Labute approximate surface area is 95.6 Å². The van der Waals surface area contributed by atoms with Gasteiger partial charge in [0.25, 0.3) is 0 Å². The van der Waals surface area contributed by atoms with Crippen LogP contribution in [-0.2, 0) is 6.54 Å². The molecule has 16 heavy (non-hydrogen) atoms. The molecule has 3 nitrogen and oxygen atoms in total. The van der Waals surface area contributed by atoms with E-state index < -0.39 is 0 Å². The van der Waals surface area contributed by atoms with Gasteiger partial charge in [-0.1, -0.05) is 12.1 Å². The summed E-state index contributed by atoms with van der Waals surface area (Å²) in [6.07, 6.45) is 3.68. The molecule has 0 aliphatic carbocycles. The molecule has 0 unspecified atom stereocenters. The van der Waals surface area contributed by atoms with Gasteiger partial charge in [0, 0.05) is 24.6 Å². The van der Waals surface area contributed by atoms with Crippen LogP contribution in [0, 0.1) is 13.8 Å². The second kappa shape index (κ2) is 4.75. The molecule has 0 amide bonds. The van der Waals surface area contributed by atoms with E-state index in [0.29, 0.717) is 0 Å². The fraction of sp³-hybridized carbons (Fsp3) is 0.231. The SMILES string of the molecule is Cc1ccc(CNc2ncccc2C)cn1. The minimum Gasteiger partial charge on any atom is -0.366 e. The van der Waals surface area contributed by atoms with Crippen LogP contribution >= 0.6 is 0 Å². The van der Waals surface area contributed by atoms with Crippen molar-refractivity contribution < 1.29 is 0 Å². The van der Waals surface area contributed by atoms with Crippen molar-refractivity contribution in [1.29, 1.82) is 0 Å². The number of rotatable bonds is 3. The van der Waals surface area contributed by atoms with E-state index in [1.165, 1.54) is 0 Å². The molecular formula is C13H15N3. The molecule has 0 saturated carbocycles. The van der Waals surface area contributed by atoms with Crippen molar-refractivity contribution in [2.75, 3.05) is 5.32 Å². The molecule has 2 heterocycles. The van der Waals surface area contributed by atoms with Gasteiger partial charge in [-0.15, -0.1) is 0 Å². The van der Waals surface area contributed by atoms with Gasteiger partial charge in [-0.2, -0.15) is 0 Å². The molecule has 2 rings (SSSR count). The van der Waals surface area contributed by atoms with Crippen LogP contribution in [0.2, 0.25) is 0 Å². The molecule has 0 radical (unpaired) electrons. The molecule has 0 spiro atoms. The van der Waals surface area contributed by atoms with E-state index in [4.69, 9.17) is 0 Å². The molecule has 0 saturated heterocycles. The van der Waals surface area contributed by atoms with Crippen LogP contribution in [0.5, 0.6) is 0 Å². The summed E-state index contributed by atoms with van der Waals surface area (Å²) in [6, 6.07) is 8.08. The van der Waals surface area contributed by atoms with Crippen LogP contribution < -0.4 is 5.32 Å². The molecule has 0 bridgehead atoms. The lowest BCUT2D eigenvalue weighted by Gasteiger charge is -2.07. The Morgan fingerprint density at radius 3 is 2.69 bits per heavy atom. The minimum atomic E-state index is 0.755. The van der Waals surface area contributed by atoms with Crippen LogP contribution in [0.4, 0.5) is 5.82 Å². The zero-order valence-electron chi connectivity index (χ0n) is 9.57. The summed E-state index contributed by atoms with van der Waals surface area (Å²) < 4.78 is 0. The zero-order valence-corrected chi connectivity index (χ0v) is 9.57. The molecule has 3 heteroatoms. The molecule has 1 N–H and O–H groups in total. The van der Waals surface area contributed by atoms with Crippen molar-refractivity contribution in [1.82, 2.24) is 9.97 Å². The Balaban J connectivity index is 2.02. The van der Waals surface area contributed by atoms with Crippen LogP contribution in [-0.4, -0.2) is 9.97 Å². The topological polar surface area (TPSA) is 37.8 Å². The van der Waals surface area contributed by atoms with Gasteiger partial charge >= 0.3 is 0 Å². The smallest absolute Gasteiger partial charge is 0.129 e. The summed E-state index contributed by atoms with van der Waals surface area (Å²) in [5.41, 5.74) is 3.36. The average molecular weight is 213 g/mol. The van der Waals surface area contributed by atoms with E-state index in [9.17, 15) is 0 Å². The Kier molecular flexibility index (Phi) is 3.15. The average Bonchev–Trinajstić information content (AvgIpc) is 2.30. The summed E-state index contributed by atoms with van der Waals surface area (Å²) in [5, 5.41) is 3.30. The van der Waals surface area contributed by atoms with Gasteiger partial charge in [-0.25, -0.2) is 4.98 Å². The Morgan fingerprint density at radius 1 is 1.12 bits per heavy atom. The first kappa shape index (κ1) is 10.6. The van der Waals surface area contributed by atoms with Gasteiger partial charge in [0.2, 0.25) is 0 Å². The Morgan fingerprint density at radius 2 is 2.00 bits per heavy atom. The van der Waals surface area contributed by atoms with E-state index in [2.05, 4.69) is 21.4 Å². The van der Waals surface area contributed by atoms with Gasteiger partial charge in [-0.05, 0) is 37.1 Å². The van der Waals surface area contributed by atoms with E-state index in [1.807, 2.05) is 38.2 Å². The van der Waals surface area contributed by atoms with Crippen molar-refractivity contribution in [3.63, 3.8) is 0 Å². The summed E-state index contributed by atoms with van der Waals surface area (Å²) >= 11 is 0. The first-order chi connectivity index (χ1) is 7.75. The van der Waals surface area contributed by atoms with E-state index in [1.54, 1.807) is 6.20 Å². The van der Waals surface area contributed by atoms with Crippen LogP contribution in [0.25, 0.3) is 0 Å². The van der Waals surface area contributed by atoms with E-state index >= 15 is 0 Å². The van der Waals surface area contributed by atoms with Crippen molar-refractivity contribution in [2.45, 2.75) is 20.4 Å². The number of aryl methyl sites for hydroxylation is 2. The monoisotopic (exact) mass is 213 g/mol. The number of nitrogens with zero attached hydrogens (tertiary/aromatic N) is 2. The minimum absolute atomic E-state index is 0.755. The largest absolute Gasteiger partial charge is 0.366 e. The summed E-state index contributed by atoms with van der Waals surface area (Å²) in [6.45, 7) is 4.79. The summed E-state index contributed by atoms with van der Waals surface area (Å²) in [5.74, 6) is 0.933. The van der Waals surface area contributed by atoms with E-state index in [-0.39, 0.29) is 0 Å². The third-order valence-corrected chi connectivity index (χ3v) is 2.44. The van der Waals surface area contributed by atoms with Gasteiger partial charge < -0.3 is 5.32 Å². The number of hydrogen-bond donors (Lipinski definition) is 1. The lowest BCUT2D eigenvalue weighted by molar-refractivity contribution is 1.06. The van der Waals surface area contributed by atoms with Gasteiger partial charge in [0.1, 0.15) is 5.82 Å². The molecule has 82 valence electrons. The van der Waals surface area contributed by atoms with Crippen LogP contribution in [0.15, 0.2) is 36.7 Å². The normalized spacial score (nSPS) is 10.1. The predicted octanol–water partition coefficient (Wildman–Crippen LogP) is 2.71. The number of pyridine rings is 2. The highest BCUT2D eigenvalue weighted by Gasteiger charge is 1.98. The molecule has 0 aromatic carbocycles. The Bertz CT molecular complexity index is 463. The first-order valence-corrected chi connectivity index (χ1v) is 5.33. The fourth-order valence-electron chi connectivity index (χ4n) is 1.46. The predicted molar refractivity (Wildman–Crippen MR) is 65.3 cm³/mol. The first-order valence-electron chi connectivity index (χ1n) is 5.33. The maximum absolute atomic E-state index is 4.28. The fourth-order valence-corrected chi connectivity index (χ4v) is 1.46. The number of nitrogens with one attached hydrogen (secondary N) is 1. The Hall–Kier alpha value is -1.90. The number of aromatic nitrogens is 2. The maximum Gasteiger partial charge on any atom is 0.129 e. The third kappa shape index (κ3) is 2.57. The number of anilines is 1. The summed E-state index contributed by atoms with van der Waals surface area (Å²) in [7, 11) is 0. The highest BCUT2D eigenvalue weighted by Crippen LogP contribution is 2.10. The van der Waals surface area contributed by atoms with Gasteiger partial charge in [0.05, 0.1) is 0 Å². The van der Waals surface area contributed by atoms with Gasteiger partial charge in [0.15, 0.2) is 0 Å². The van der Waals surface area contributed by atoms with Crippen molar-refractivity contribution in [3.8, 4) is 0 Å². The molecule has 0 aliphatic rings. The van der Waals surface area contributed by atoms with Crippen LogP contribution in [0.1, 0.15) is 16.8 Å². The highest BCUT2D eigenvalue weighted by atomic mass is 15.0. The maximum atomic E-state index is 4.28. The number of hydrogen-bond acceptors (Lipinski definition) is 3. The lowest BCUT2D eigenvalue weighted by Crippen LogP contribution is -2.03. The molecule has 2 aromatic rings. The quantitative estimate of drug-likeness (QED) is 0.851. The van der Waals surface area contributed by atoms with Crippen molar-refractivity contribution in [2.24, 2.45) is 0 Å². The standard InChI is InChI=1S/C13H15N3/c1-10-4-3-7-14-13(10)16-9-12-6-5-11(2)15-8-12/h3-8H,9H2,1-2H3,(H,14,16). The van der Waals surface area contributed by atoms with Crippen molar-refractivity contribution in [3.05, 3.63) is 53.5 Å². The second-order valence-electron chi connectivity index (χ2n) is 3.83. The third-order valence-electron chi connectivity index (χ3n) is 2.44. The van der Waals surface area contributed by atoms with E-state index in [0.717, 1.165) is 29.2 Å². The molecule has 0 aliphatic heterocycles. The van der Waals surface area contributed by atoms with Crippen molar-refractivity contribution >= 4 is 5.82 Å². The molecule has 0 fully saturated rings. The van der Waals surface area contributed by atoms with Gasteiger partial charge in [-0.3, -0.25) is 4.98 Å². The lowest BCUT2D eigenvalue weighted by atomic mass is 10.2. The molecule has 0 atom stereocenters. The van der Waals surface area contributed by atoms with Crippen LogP contribution in [0.3, 0.4) is 0 Å². The highest BCUT2D eigenvalue weighted by molar-refractivity contribution is 5.43. The molecular weight excluding hydrogens is 198 g/mol.